The lowest BCUT2D eigenvalue weighted by Crippen LogP contribution is -2.27. The fraction of sp³-hybridized carbons (Fsp3) is 0.562. The average Bonchev–Trinajstić information content (AvgIpc) is 2.23. The van der Waals surface area contributed by atoms with Crippen molar-refractivity contribution >= 4 is 5.97 Å². The van der Waals surface area contributed by atoms with Crippen molar-refractivity contribution in [3.63, 3.8) is 0 Å². The van der Waals surface area contributed by atoms with Crippen LogP contribution in [0.4, 0.5) is 0 Å². The second-order valence-corrected chi connectivity index (χ2v) is 6.65. The molecule has 3 nitrogen and oxygen atoms in total. The largest absolute Gasteiger partial charge is 0.482 e. The molecule has 0 fully saturated rings. The van der Waals surface area contributed by atoms with Crippen LogP contribution in [0.15, 0.2) is 24.3 Å². The van der Waals surface area contributed by atoms with Crippen LogP contribution >= 0.6 is 0 Å². The van der Waals surface area contributed by atoms with Crippen LogP contribution in [-0.4, -0.2) is 18.2 Å². The van der Waals surface area contributed by atoms with Gasteiger partial charge in [-0.15, -0.1) is 0 Å². The molecule has 0 aliphatic heterocycles. The van der Waals surface area contributed by atoms with Gasteiger partial charge in [0.25, 0.3) is 0 Å². The molecule has 0 aliphatic carbocycles. The molecule has 0 saturated carbocycles. The number of rotatable bonds is 3. The smallest absolute Gasteiger partial charge is 0.344 e. The minimum atomic E-state index is -0.478. The molecule has 0 aromatic heterocycles. The van der Waals surface area contributed by atoms with Crippen molar-refractivity contribution in [2.75, 3.05) is 6.61 Å². The molecule has 0 unspecified atom stereocenters. The van der Waals surface area contributed by atoms with Gasteiger partial charge >= 0.3 is 5.97 Å². The van der Waals surface area contributed by atoms with Crippen LogP contribution in [0.5, 0.6) is 5.75 Å². The molecule has 0 N–H and O–H groups in total. The van der Waals surface area contributed by atoms with E-state index in [-0.39, 0.29) is 18.0 Å². The van der Waals surface area contributed by atoms with Gasteiger partial charge in [-0.05, 0) is 43.9 Å². The summed E-state index contributed by atoms with van der Waals surface area (Å²) in [4.78, 5) is 11.6. The average molecular weight is 264 g/mol. The van der Waals surface area contributed by atoms with Gasteiger partial charge in [0.1, 0.15) is 11.4 Å². The van der Waals surface area contributed by atoms with E-state index >= 15 is 0 Å². The maximum absolute atomic E-state index is 11.6. The van der Waals surface area contributed by atoms with Crippen LogP contribution in [-0.2, 0) is 14.9 Å². The summed E-state index contributed by atoms with van der Waals surface area (Å²) in [7, 11) is 0. The monoisotopic (exact) mass is 264 g/mol. The molecule has 0 saturated heterocycles. The summed E-state index contributed by atoms with van der Waals surface area (Å²) < 4.78 is 10.7. The van der Waals surface area contributed by atoms with Gasteiger partial charge in [0.2, 0.25) is 0 Å². The van der Waals surface area contributed by atoms with Gasteiger partial charge in [0.05, 0.1) is 0 Å². The highest BCUT2D eigenvalue weighted by atomic mass is 16.6. The number of benzene rings is 1. The van der Waals surface area contributed by atoms with Gasteiger partial charge in [-0.2, -0.15) is 0 Å². The second kappa shape index (κ2) is 5.64. The normalized spacial score (nSPS) is 12.1. The highest BCUT2D eigenvalue weighted by Crippen LogP contribution is 2.25. The number of carbonyl (C=O) groups is 1. The number of carbonyl (C=O) groups excluding carboxylic acids is 1. The van der Waals surface area contributed by atoms with Crippen LogP contribution in [0.25, 0.3) is 0 Å². The van der Waals surface area contributed by atoms with E-state index in [1.54, 1.807) is 0 Å². The highest BCUT2D eigenvalue weighted by Gasteiger charge is 2.17. The lowest BCUT2D eigenvalue weighted by Gasteiger charge is -2.21. The van der Waals surface area contributed by atoms with Crippen LogP contribution < -0.4 is 4.74 Å². The third kappa shape index (κ3) is 5.77. The lowest BCUT2D eigenvalue weighted by molar-refractivity contribution is -0.157. The van der Waals surface area contributed by atoms with E-state index < -0.39 is 5.60 Å². The number of hydrogen-bond acceptors (Lipinski definition) is 3. The molecular formula is C16H24O3. The van der Waals surface area contributed by atoms with Crippen LogP contribution in [0, 0.1) is 0 Å². The van der Waals surface area contributed by atoms with Crippen molar-refractivity contribution in [2.45, 2.75) is 52.6 Å². The van der Waals surface area contributed by atoms with Crippen molar-refractivity contribution in [1.82, 2.24) is 0 Å². The SMILES string of the molecule is CC(C)(C)OC(=O)COc1cccc(C(C)(C)C)c1. The van der Waals surface area contributed by atoms with Gasteiger partial charge in [0, 0.05) is 0 Å². The molecule has 0 amide bonds. The Balaban J connectivity index is 2.62. The molecule has 1 aromatic rings. The molecule has 19 heavy (non-hydrogen) atoms. The van der Waals surface area contributed by atoms with Crippen molar-refractivity contribution in [1.29, 1.82) is 0 Å². The summed E-state index contributed by atoms with van der Waals surface area (Å²) in [6.45, 7) is 11.9. The third-order valence-electron chi connectivity index (χ3n) is 2.48. The molecule has 0 radical (unpaired) electrons. The quantitative estimate of drug-likeness (QED) is 0.781. The summed E-state index contributed by atoms with van der Waals surface area (Å²) in [5, 5.41) is 0. The molecule has 0 atom stereocenters. The topological polar surface area (TPSA) is 35.5 Å². The van der Waals surface area contributed by atoms with E-state index in [1.165, 1.54) is 5.56 Å². The Morgan fingerprint density at radius 2 is 1.74 bits per heavy atom. The fourth-order valence-corrected chi connectivity index (χ4v) is 1.57. The minimum absolute atomic E-state index is 0.0608. The first-order valence-electron chi connectivity index (χ1n) is 6.53. The summed E-state index contributed by atoms with van der Waals surface area (Å²) in [5.74, 6) is 0.340. The van der Waals surface area contributed by atoms with Crippen molar-refractivity contribution in [3.8, 4) is 5.75 Å². The first-order chi connectivity index (χ1) is 8.58. The summed E-state index contributed by atoms with van der Waals surface area (Å²) in [5.41, 5.74) is 0.758. The molecule has 0 bridgehead atoms. The Morgan fingerprint density at radius 1 is 1.11 bits per heavy atom. The zero-order chi connectivity index (χ0) is 14.7. The number of ether oxygens (including phenoxy) is 2. The first kappa shape index (κ1) is 15.5. The molecule has 0 heterocycles. The van der Waals surface area contributed by atoms with Gasteiger partial charge in [-0.3, -0.25) is 0 Å². The highest BCUT2D eigenvalue weighted by molar-refractivity contribution is 5.71. The zero-order valence-corrected chi connectivity index (χ0v) is 12.7. The molecule has 3 heteroatoms. The Morgan fingerprint density at radius 3 is 2.26 bits per heavy atom. The molecular weight excluding hydrogens is 240 g/mol. The molecule has 1 rings (SSSR count). The lowest BCUT2D eigenvalue weighted by atomic mass is 9.87. The molecule has 0 aliphatic rings. The number of hydrogen-bond donors (Lipinski definition) is 0. The maximum Gasteiger partial charge on any atom is 0.344 e. The van der Waals surface area contributed by atoms with Crippen molar-refractivity contribution < 1.29 is 14.3 Å². The first-order valence-corrected chi connectivity index (χ1v) is 6.53. The number of esters is 1. The standard InChI is InChI=1S/C16H24O3/c1-15(2,3)12-8-7-9-13(10-12)18-11-14(17)19-16(4,5)6/h7-10H,11H2,1-6H3. The van der Waals surface area contributed by atoms with Gasteiger partial charge in [-0.25, -0.2) is 4.79 Å². The molecule has 1 aromatic carbocycles. The Labute approximate surface area is 115 Å². The van der Waals surface area contributed by atoms with Crippen LogP contribution in [0.1, 0.15) is 47.1 Å². The zero-order valence-electron chi connectivity index (χ0n) is 12.7. The van der Waals surface area contributed by atoms with Crippen LogP contribution in [0.3, 0.4) is 0 Å². The predicted molar refractivity (Wildman–Crippen MR) is 76.5 cm³/mol. The minimum Gasteiger partial charge on any atom is -0.482 e. The van der Waals surface area contributed by atoms with E-state index in [1.807, 2.05) is 39.0 Å². The van der Waals surface area contributed by atoms with E-state index in [9.17, 15) is 4.79 Å². The van der Waals surface area contributed by atoms with E-state index in [4.69, 9.17) is 9.47 Å². The van der Waals surface area contributed by atoms with Gasteiger partial charge in [-0.1, -0.05) is 32.9 Å². The third-order valence-corrected chi connectivity index (χ3v) is 2.48. The van der Waals surface area contributed by atoms with Crippen LogP contribution in [0.2, 0.25) is 0 Å². The van der Waals surface area contributed by atoms with E-state index in [0.717, 1.165) is 0 Å². The summed E-state index contributed by atoms with van der Waals surface area (Å²) in [6, 6.07) is 7.80. The summed E-state index contributed by atoms with van der Waals surface area (Å²) >= 11 is 0. The maximum atomic E-state index is 11.6. The predicted octanol–water partition coefficient (Wildman–Crippen LogP) is 3.70. The Hall–Kier alpha value is -1.51. The van der Waals surface area contributed by atoms with Gasteiger partial charge in [0.15, 0.2) is 6.61 Å². The van der Waals surface area contributed by atoms with E-state index in [2.05, 4.69) is 26.8 Å². The fourth-order valence-electron chi connectivity index (χ4n) is 1.57. The van der Waals surface area contributed by atoms with Gasteiger partial charge < -0.3 is 9.47 Å². The second-order valence-electron chi connectivity index (χ2n) is 6.65. The van der Waals surface area contributed by atoms with E-state index in [0.29, 0.717) is 5.75 Å². The Kier molecular flexibility index (Phi) is 4.61. The molecule has 106 valence electrons. The summed E-state index contributed by atoms with van der Waals surface area (Å²) in [6.07, 6.45) is 0. The van der Waals surface area contributed by atoms with Crippen molar-refractivity contribution in [2.24, 2.45) is 0 Å². The van der Waals surface area contributed by atoms with Crippen molar-refractivity contribution in [3.05, 3.63) is 29.8 Å². The Bertz CT molecular complexity index is 436. The molecule has 0 spiro atoms.